The Kier molecular flexibility index (Phi) is 6.15. The predicted octanol–water partition coefficient (Wildman–Crippen LogP) is 4.03. The van der Waals surface area contributed by atoms with Crippen molar-refractivity contribution in [2.45, 2.75) is 50.5 Å². The monoisotopic (exact) mass is 559 g/mol. The number of carbonyl (C=O) groups is 2. The molecule has 0 unspecified atom stereocenters. The molecule has 2 aliphatic heterocycles. The molecule has 2 amide bonds. The molecular formula is C28H22F5N3O4. The number of alkyl halides is 2. The summed E-state index contributed by atoms with van der Waals surface area (Å²) in [5.41, 5.74) is -1.66. The number of halogens is 5. The van der Waals surface area contributed by atoms with Gasteiger partial charge in [0.2, 0.25) is 5.43 Å². The van der Waals surface area contributed by atoms with Crippen LogP contribution in [0.2, 0.25) is 0 Å². The third kappa shape index (κ3) is 4.22. The minimum absolute atomic E-state index is 0.0573. The summed E-state index contributed by atoms with van der Waals surface area (Å²) in [5.74, 6) is -9.34. The van der Waals surface area contributed by atoms with Gasteiger partial charge in [0.1, 0.15) is 29.6 Å². The van der Waals surface area contributed by atoms with Crippen LogP contribution in [0.15, 0.2) is 53.5 Å². The van der Waals surface area contributed by atoms with Gasteiger partial charge in [0.15, 0.2) is 11.4 Å². The van der Waals surface area contributed by atoms with E-state index in [2.05, 4.69) is 5.32 Å². The van der Waals surface area contributed by atoms with Crippen molar-refractivity contribution in [1.29, 1.82) is 0 Å². The molecule has 2 aromatic carbocycles. The lowest BCUT2D eigenvalue weighted by atomic mass is 9.94. The van der Waals surface area contributed by atoms with Crippen molar-refractivity contribution < 1.29 is 36.3 Å². The molecule has 3 aliphatic rings. The van der Waals surface area contributed by atoms with E-state index in [1.165, 1.54) is 4.57 Å². The summed E-state index contributed by atoms with van der Waals surface area (Å²) in [4.78, 5) is 41.3. The Bertz CT molecular complexity index is 1570. The number of piperidine rings is 1. The molecule has 1 aliphatic carbocycles. The van der Waals surface area contributed by atoms with Crippen molar-refractivity contribution >= 4 is 11.8 Å². The maximum Gasteiger partial charge on any atom is 0.275 e. The Balaban J connectivity index is 1.37. The first kappa shape index (κ1) is 26.0. The molecule has 3 aromatic rings. The molecule has 7 nitrogen and oxygen atoms in total. The highest BCUT2D eigenvalue weighted by atomic mass is 19.3. The molecule has 40 heavy (non-hydrogen) atoms. The van der Waals surface area contributed by atoms with Crippen molar-refractivity contribution in [3.63, 3.8) is 0 Å². The highest BCUT2D eigenvalue weighted by molar-refractivity contribution is 5.99. The summed E-state index contributed by atoms with van der Waals surface area (Å²) < 4.78 is 77.7. The Morgan fingerprint density at radius 3 is 2.48 bits per heavy atom. The van der Waals surface area contributed by atoms with E-state index in [0.717, 1.165) is 11.1 Å². The quantitative estimate of drug-likeness (QED) is 0.463. The lowest BCUT2D eigenvalue weighted by Gasteiger charge is -2.43. The zero-order chi connectivity index (χ0) is 28.3. The largest absolute Gasteiger partial charge is 0.483 e. The van der Waals surface area contributed by atoms with Gasteiger partial charge in [0.05, 0.1) is 12.1 Å². The Morgan fingerprint density at radius 1 is 1.07 bits per heavy atom. The third-order valence-electron chi connectivity index (χ3n) is 7.85. The van der Waals surface area contributed by atoms with Crippen molar-refractivity contribution in [3.8, 4) is 5.75 Å². The number of aromatic nitrogens is 1. The third-order valence-corrected chi connectivity index (χ3v) is 7.85. The van der Waals surface area contributed by atoms with Gasteiger partial charge in [-0.2, -0.15) is 0 Å². The fourth-order valence-corrected chi connectivity index (χ4v) is 5.98. The van der Waals surface area contributed by atoms with Gasteiger partial charge >= 0.3 is 0 Å². The zero-order valence-corrected chi connectivity index (χ0v) is 20.8. The first-order chi connectivity index (χ1) is 19.0. The lowest BCUT2D eigenvalue weighted by Crippen LogP contribution is -2.58. The van der Waals surface area contributed by atoms with Crippen LogP contribution in [0, 0.1) is 23.4 Å². The van der Waals surface area contributed by atoms with Crippen LogP contribution in [0.3, 0.4) is 0 Å². The second-order valence-corrected chi connectivity index (χ2v) is 10.3. The van der Waals surface area contributed by atoms with E-state index >= 15 is 0 Å². The molecule has 1 N–H and O–H groups in total. The maximum absolute atomic E-state index is 14.6. The second-order valence-electron chi connectivity index (χ2n) is 10.3. The van der Waals surface area contributed by atoms with Gasteiger partial charge in [0.25, 0.3) is 17.7 Å². The van der Waals surface area contributed by atoms with E-state index in [1.54, 1.807) is 30.3 Å². The Morgan fingerprint density at radius 2 is 1.77 bits per heavy atom. The number of hydrogen-bond acceptors (Lipinski definition) is 4. The van der Waals surface area contributed by atoms with Gasteiger partial charge in [-0.3, -0.25) is 14.4 Å². The second kappa shape index (κ2) is 9.46. The predicted molar refractivity (Wildman–Crippen MR) is 130 cm³/mol. The van der Waals surface area contributed by atoms with Gasteiger partial charge in [0, 0.05) is 43.4 Å². The smallest absolute Gasteiger partial charge is 0.275 e. The summed E-state index contributed by atoms with van der Waals surface area (Å²) in [6.07, 6.45) is 0.908. The van der Waals surface area contributed by atoms with Crippen LogP contribution in [-0.4, -0.2) is 39.3 Å². The standard InChI is InChI=1S/C28H22F5N3O4/c29-16-7-19(30)17(20(31)8-16)10-34-26(38)18-11-35-12-21-15-6-22(28(32,33)9-15)36(21)27(39)23(35)25(24(18)37)40-13-14-4-2-1-3-5-14/h1-5,7-8,11,15,21-22H,6,9-10,12-13H2,(H,34,38)/t15-,21-,22+/m0/s1. The zero-order valence-electron chi connectivity index (χ0n) is 20.8. The molecule has 0 radical (unpaired) electrons. The minimum Gasteiger partial charge on any atom is -0.483 e. The molecule has 6 rings (SSSR count). The summed E-state index contributed by atoms with van der Waals surface area (Å²) in [5, 5.41) is 2.26. The van der Waals surface area contributed by atoms with Gasteiger partial charge in [-0.25, -0.2) is 22.0 Å². The first-order valence-electron chi connectivity index (χ1n) is 12.6. The highest BCUT2D eigenvalue weighted by Crippen LogP contribution is 2.53. The van der Waals surface area contributed by atoms with Gasteiger partial charge < -0.3 is 19.5 Å². The molecule has 2 bridgehead atoms. The molecule has 12 heteroatoms. The number of fused-ring (bicyclic) bond motifs is 6. The van der Waals surface area contributed by atoms with Crippen molar-refractivity contribution in [1.82, 2.24) is 14.8 Å². The first-order valence-corrected chi connectivity index (χ1v) is 12.6. The molecule has 1 aromatic heterocycles. The molecule has 1 saturated heterocycles. The number of carbonyl (C=O) groups excluding carboxylic acids is 2. The van der Waals surface area contributed by atoms with Crippen LogP contribution in [0.1, 0.15) is 44.8 Å². The number of nitrogens with zero attached hydrogens (tertiary/aromatic N) is 2. The number of pyridine rings is 1. The van der Waals surface area contributed by atoms with Crippen LogP contribution in [0.4, 0.5) is 22.0 Å². The SMILES string of the molecule is O=C(NCc1c(F)cc(F)cc1F)c1cn2c(c(OCc3ccccc3)c1=O)C(=O)N1[C@@H](C2)[C@H]2C[C@@H]1C(F)(F)C2. The highest BCUT2D eigenvalue weighted by Gasteiger charge is 2.64. The number of ether oxygens (including phenoxy) is 1. The molecular weight excluding hydrogens is 537 g/mol. The number of amides is 2. The van der Waals surface area contributed by atoms with E-state index < -0.39 is 82.0 Å². The average molecular weight is 559 g/mol. The fourth-order valence-electron chi connectivity index (χ4n) is 5.98. The summed E-state index contributed by atoms with van der Waals surface area (Å²) in [6.45, 7) is -0.785. The van der Waals surface area contributed by atoms with Crippen LogP contribution in [-0.2, 0) is 19.7 Å². The van der Waals surface area contributed by atoms with Gasteiger partial charge in [-0.05, 0) is 17.9 Å². The molecule has 0 spiro atoms. The summed E-state index contributed by atoms with van der Waals surface area (Å²) in [7, 11) is 0. The minimum atomic E-state index is -3.05. The van der Waals surface area contributed by atoms with Crippen LogP contribution < -0.4 is 15.5 Å². The molecule has 2 fully saturated rings. The lowest BCUT2D eigenvalue weighted by molar-refractivity contribution is -0.0871. The van der Waals surface area contributed by atoms with Crippen LogP contribution >= 0.6 is 0 Å². The van der Waals surface area contributed by atoms with Crippen LogP contribution in [0.5, 0.6) is 5.75 Å². The van der Waals surface area contributed by atoms with Gasteiger partial charge in [-0.15, -0.1) is 0 Å². The number of rotatable bonds is 6. The fraction of sp³-hybridized carbons (Fsp3) is 0.321. The van der Waals surface area contributed by atoms with E-state index in [1.807, 2.05) is 0 Å². The van der Waals surface area contributed by atoms with Crippen molar-refractivity contribution in [2.75, 3.05) is 0 Å². The average Bonchev–Trinajstić information content (AvgIpc) is 3.42. The summed E-state index contributed by atoms with van der Waals surface area (Å²) in [6, 6.07) is 7.75. The van der Waals surface area contributed by atoms with Crippen molar-refractivity contribution in [2.24, 2.45) is 5.92 Å². The van der Waals surface area contributed by atoms with Crippen LogP contribution in [0.25, 0.3) is 0 Å². The van der Waals surface area contributed by atoms with Crippen molar-refractivity contribution in [3.05, 3.63) is 98.7 Å². The Labute approximate surface area is 224 Å². The number of benzene rings is 2. The number of hydrogen-bond donors (Lipinski definition) is 1. The maximum atomic E-state index is 14.6. The topological polar surface area (TPSA) is 80.6 Å². The van der Waals surface area contributed by atoms with E-state index in [0.29, 0.717) is 17.7 Å². The molecule has 208 valence electrons. The molecule has 3 heterocycles. The normalized spacial score (nSPS) is 22.2. The van der Waals surface area contributed by atoms with E-state index in [-0.39, 0.29) is 31.7 Å². The van der Waals surface area contributed by atoms with E-state index in [4.69, 9.17) is 4.74 Å². The summed E-state index contributed by atoms with van der Waals surface area (Å²) >= 11 is 0. The van der Waals surface area contributed by atoms with E-state index in [9.17, 15) is 36.3 Å². The van der Waals surface area contributed by atoms with Gasteiger partial charge in [-0.1, -0.05) is 30.3 Å². The molecule has 1 saturated carbocycles. The number of nitrogens with one attached hydrogen (secondary N) is 1. The Hall–Kier alpha value is -4.22. The molecule has 3 atom stereocenters.